The molecule has 0 aromatic carbocycles. The third kappa shape index (κ3) is 1.30. The number of ether oxygens (including phenoxy) is 1. The number of carbonyl (C=O) groups is 1. The van der Waals surface area contributed by atoms with E-state index in [-0.39, 0.29) is 5.97 Å². The molecule has 2 heteroatoms. The van der Waals surface area contributed by atoms with Crippen LogP contribution in [-0.4, -0.2) is 12.6 Å². The van der Waals surface area contributed by atoms with Crippen molar-refractivity contribution in [1.29, 1.82) is 0 Å². The maximum Gasteiger partial charge on any atom is 0.306 e. The molecule has 11 heavy (non-hydrogen) atoms. The van der Waals surface area contributed by atoms with E-state index in [2.05, 4.69) is 12.2 Å². The van der Waals surface area contributed by atoms with Gasteiger partial charge in [-0.3, -0.25) is 4.79 Å². The summed E-state index contributed by atoms with van der Waals surface area (Å²) in [7, 11) is 0. The summed E-state index contributed by atoms with van der Waals surface area (Å²) in [5, 5.41) is 0. The fourth-order valence-corrected chi connectivity index (χ4v) is 1.85. The SMILES string of the molecule is O=C1CC2C=CCCC2CO1. The highest BCUT2D eigenvalue weighted by Crippen LogP contribution is 2.31. The molecular weight excluding hydrogens is 140 g/mol. The van der Waals surface area contributed by atoms with E-state index in [4.69, 9.17) is 4.74 Å². The monoisotopic (exact) mass is 152 g/mol. The smallest absolute Gasteiger partial charge is 0.306 e. The molecule has 60 valence electrons. The Morgan fingerprint density at radius 2 is 2.45 bits per heavy atom. The Hall–Kier alpha value is -0.790. The Morgan fingerprint density at radius 1 is 1.55 bits per heavy atom. The first-order chi connectivity index (χ1) is 5.36. The summed E-state index contributed by atoms with van der Waals surface area (Å²) in [5.41, 5.74) is 0. The van der Waals surface area contributed by atoms with Gasteiger partial charge in [-0.05, 0) is 18.8 Å². The molecule has 0 saturated carbocycles. The predicted molar refractivity (Wildman–Crippen MR) is 40.9 cm³/mol. The predicted octanol–water partition coefficient (Wildman–Crippen LogP) is 1.52. The molecule has 0 radical (unpaired) electrons. The van der Waals surface area contributed by atoms with Crippen LogP contribution in [0.15, 0.2) is 12.2 Å². The summed E-state index contributed by atoms with van der Waals surface area (Å²) in [4.78, 5) is 10.9. The summed E-state index contributed by atoms with van der Waals surface area (Å²) in [6.45, 7) is 0.647. The van der Waals surface area contributed by atoms with Gasteiger partial charge < -0.3 is 4.74 Å². The van der Waals surface area contributed by atoms with E-state index in [0.717, 1.165) is 6.42 Å². The first-order valence-electron chi connectivity index (χ1n) is 4.18. The first-order valence-corrected chi connectivity index (χ1v) is 4.18. The van der Waals surface area contributed by atoms with Crippen LogP contribution in [0.5, 0.6) is 0 Å². The summed E-state index contributed by atoms with van der Waals surface area (Å²) in [6, 6.07) is 0. The molecule has 1 heterocycles. The van der Waals surface area contributed by atoms with Gasteiger partial charge in [-0.1, -0.05) is 12.2 Å². The summed E-state index contributed by atoms with van der Waals surface area (Å²) in [5.74, 6) is 1.06. The van der Waals surface area contributed by atoms with Crippen molar-refractivity contribution in [3.8, 4) is 0 Å². The van der Waals surface area contributed by atoms with Crippen molar-refractivity contribution in [1.82, 2.24) is 0 Å². The number of hydrogen-bond donors (Lipinski definition) is 0. The highest BCUT2D eigenvalue weighted by Gasteiger charge is 2.29. The highest BCUT2D eigenvalue weighted by molar-refractivity contribution is 5.70. The lowest BCUT2D eigenvalue weighted by atomic mass is 9.81. The van der Waals surface area contributed by atoms with Gasteiger partial charge in [0.05, 0.1) is 13.0 Å². The molecule has 2 aliphatic rings. The Labute approximate surface area is 66.2 Å². The summed E-state index contributed by atoms with van der Waals surface area (Å²) >= 11 is 0. The zero-order valence-corrected chi connectivity index (χ0v) is 6.45. The lowest BCUT2D eigenvalue weighted by Gasteiger charge is -2.30. The quantitative estimate of drug-likeness (QED) is 0.388. The van der Waals surface area contributed by atoms with E-state index in [0.29, 0.717) is 24.9 Å². The molecule has 0 bridgehead atoms. The molecular formula is C9H12O2. The lowest BCUT2D eigenvalue weighted by Crippen LogP contribution is -2.30. The average molecular weight is 152 g/mol. The maximum absolute atomic E-state index is 10.9. The molecule has 2 nitrogen and oxygen atoms in total. The molecule has 1 fully saturated rings. The molecule has 0 amide bonds. The van der Waals surface area contributed by atoms with Crippen LogP contribution < -0.4 is 0 Å². The number of hydrogen-bond acceptors (Lipinski definition) is 2. The number of allylic oxidation sites excluding steroid dienone is 2. The van der Waals surface area contributed by atoms with E-state index in [1.807, 2.05) is 0 Å². The topological polar surface area (TPSA) is 26.3 Å². The highest BCUT2D eigenvalue weighted by atomic mass is 16.5. The van der Waals surface area contributed by atoms with E-state index in [1.54, 1.807) is 0 Å². The maximum atomic E-state index is 10.9. The van der Waals surface area contributed by atoms with Gasteiger partial charge >= 0.3 is 5.97 Å². The van der Waals surface area contributed by atoms with Gasteiger partial charge in [0.25, 0.3) is 0 Å². The third-order valence-electron chi connectivity index (χ3n) is 2.55. The molecule has 2 unspecified atom stereocenters. The minimum Gasteiger partial charge on any atom is -0.465 e. The number of rotatable bonds is 0. The van der Waals surface area contributed by atoms with Gasteiger partial charge in [0.1, 0.15) is 0 Å². The van der Waals surface area contributed by atoms with Crippen molar-refractivity contribution in [3.63, 3.8) is 0 Å². The standard InChI is InChI=1S/C9H12O2/c10-9-5-7-3-1-2-4-8(7)6-11-9/h1,3,7-8H,2,4-6H2. The minimum atomic E-state index is -0.0298. The van der Waals surface area contributed by atoms with Crippen LogP contribution in [0.3, 0.4) is 0 Å². The lowest BCUT2D eigenvalue weighted by molar-refractivity contribution is -0.152. The molecule has 1 aliphatic heterocycles. The first kappa shape index (κ1) is 6.89. The van der Waals surface area contributed by atoms with E-state index in [1.165, 1.54) is 6.42 Å². The Morgan fingerprint density at radius 3 is 3.36 bits per heavy atom. The van der Waals surface area contributed by atoms with E-state index < -0.39 is 0 Å². The molecule has 1 aliphatic carbocycles. The van der Waals surface area contributed by atoms with Crippen LogP contribution in [-0.2, 0) is 9.53 Å². The normalized spacial score (nSPS) is 36.2. The molecule has 0 aromatic rings. The largest absolute Gasteiger partial charge is 0.465 e. The number of esters is 1. The van der Waals surface area contributed by atoms with Crippen molar-refractivity contribution in [2.45, 2.75) is 19.3 Å². The van der Waals surface area contributed by atoms with Gasteiger partial charge in [-0.15, -0.1) is 0 Å². The van der Waals surface area contributed by atoms with Crippen LogP contribution in [0.4, 0.5) is 0 Å². The second-order valence-electron chi connectivity index (χ2n) is 3.32. The van der Waals surface area contributed by atoms with Crippen molar-refractivity contribution in [2.24, 2.45) is 11.8 Å². The molecule has 0 N–H and O–H groups in total. The zero-order valence-electron chi connectivity index (χ0n) is 6.45. The van der Waals surface area contributed by atoms with Crippen LogP contribution in [0.2, 0.25) is 0 Å². The molecule has 2 atom stereocenters. The fourth-order valence-electron chi connectivity index (χ4n) is 1.85. The molecule has 2 rings (SSSR count). The van der Waals surface area contributed by atoms with Crippen LogP contribution in [0, 0.1) is 11.8 Å². The van der Waals surface area contributed by atoms with Crippen LogP contribution in [0.25, 0.3) is 0 Å². The second kappa shape index (κ2) is 2.68. The van der Waals surface area contributed by atoms with Gasteiger partial charge in [0, 0.05) is 5.92 Å². The third-order valence-corrected chi connectivity index (χ3v) is 2.55. The van der Waals surface area contributed by atoms with E-state index >= 15 is 0 Å². The fraction of sp³-hybridized carbons (Fsp3) is 0.667. The molecule has 0 aromatic heterocycles. The Balaban J connectivity index is 2.08. The number of fused-ring (bicyclic) bond motifs is 1. The minimum absolute atomic E-state index is 0.0298. The zero-order chi connectivity index (χ0) is 7.68. The molecule has 0 spiro atoms. The van der Waals surface area contributed by atoms with E-state index in [9.17, 15) is 4.79 Å². The van der Waals surface area contributed by atoms with Gasteiger partial charge in [-0.2, -0.15) is 0 Å². The van der Waals surface area contributed by atoms with Gasteiger partial charge in [-0.25, -0.2) is 0 Å². The van der Waals surface area contributed by atoms with Crippen molar-refractivity contribution in [3.05, 3.63) is 12.2 Å². The van der Waals surface area contributed by atoms with Crippen molar-refractivity contribution in [2.75, 3.05) is 6.61 Å². The summed E-state index contributed by atoms with van der Waals surface area (Å²) in [6.07, 6.45) is 7.29. The van der Waals surface area contributed by atoms with Gasteiger partial charge in [0.2, 0.25) is 0 Å². The molecule has 1 saturated heterocycles. The Kier molecular flexibility index (Phi) is 1.68. The number of cyclic esters (lactones) is 1. The average Bonchev–Trinajstić information content (AvgIpc) is 2.04. The van der Waals surface area contributed by atoms with Crippen molar-refractivity contribution >= 4 is 5.97 Å². The van der Waals surface area contributed by atoms with Crippen LogP contribution in [0.1, 0.15) is 19.3 Å². The second-order valence-corrected chi connectivity index (χ2v) is 3.32. The van der Waals surface area contributed by atoms with Crippen molar-refractivity contribution < 1.29 is 9.53 Å². The van der Waals surface area contributed by atoms with Gasteiger partial charge in [0.15, 0.2) is 0 Å². The van der Waals surface area contributed by atoms with Crippen LogP contribution >= 0.6 is 0 Å². The Bertz CT molecular complexity index is 196. The number of carbonyl (C=O) groups excluding carboxylic acids is 1. The summed E-state index contributed by atoms with van der Waals surface area (Å²) < 4.78 is 4.97.